The number of ether oxygens (including phenoxy) is 1. The van der Waals surface area contributed by atoms with Crippen molar-refractivity contribution >= 4 is 16.9 Å². The van der Waals surface area contributed by atoms with E-state index in [1.54, 1.807) is 17.0 Å². The summed E-state index contributed by atoms with van der Waals surface area (Å²) in [6.07, 6.45) is 0.790. The molecule has 3 heterocycles. The van der Waals surface area contributed by atoms with Crippen LogP contribution in [-0.2, 0) is 4.74 Å². The number of carbonyl (C=O) groups excluding carboxylic acids is 1. The summed E-state index contributed by atoms with van der Waals surface area (Å²) < 4.78 is 25.1. The van der Waals surface area contributed by atoms with E-state index in [0.29, 0.717) is 28.6 Å². The second-order valence-electron chi connectivity index (χ2n) is 9.03. The van der Waals surface area contributed by atoms with Crippen LogP contribution in [0.3, 0.4) is 0 Å². The highest BCUT2D eigenvalue weighted by Crippen LogP contribution is 2.38. The maximum absolute atomic E-state index is 13.6. The lowest BCUT2D eigenvalue weighted by molar-refractivity contribution is -0.908. The molecule has 1 saturated heterocycles. The Labute approximate surface area is 191 Å². The van der Waals surface area contributed by atoms with Crippen LogP contribution in [0.25, 0.3) is 11.0 Å². The van der Waals surface area contributed by atoms with Crippen molar-refractivity contribution in [1.82, 2.24) is 4.90 Å². The minimum absolute atomic E-state index is 0.101. The van der Waals surface area contributed by atoms with Crippen LogP contribution in [0.1, 0.15) is 45.3 Å². The predicted molar refractivity (Wildman–Crippen MR) is 122 cm³/mol. The molecular formula is C26H28FN2O4+. The van der Waals surface area contributed by atoms with Gasteiger partial charge >= 0.3 is 0 Å². The van der Waals surface area contributed by atoms with Gasteiger partial charge in [0.1, 0.15) is 24.5 Å². The highest BCUT2D eigenvalue weighted by Gasteiger charge is 2.42. The van der Waals surface area contributed by atoms with E-state index in [1.807, 2.05) is 26.0 Å². The maximum Gasteiger partial charge on any atom is 0.290 e. The molecular weight excluding hydrogens is 423 g/mol. The predicted octanol–water partition coefficient (Wildman–Crippen LogP) is 2.40. The molecule has 172 valence electrons. The lowest BCUT2D eigenvalue weighted by atomic mass is 9.97. The first-order valence-corrected chi connectivity index (χ1v) is 11.5. The molecule has 7 heteroatoms. The smallest absolute Gasteiger partial charge is 0.290 e. The zero-order chi connectivity index (χ0) is 23.1. The normalized spacial score (nSPS) is 18.8. The molecule has 1 amide bonds. The van der Waals surface area contributed by atoms with Crippen molar-refractivity contribution in [2.24, 2.45) is 0 Å². The highest BCUT2D eigenvalue weighted by atomic mass is 19.1. The Morgan fingerprint density at radius 2 is 1.76 bits per heavy atom. The van der Waals surface area contributed by atoms with E-state index in [0.717, 1.165) is 50.4 Å². The molecule has 0 spiro atoms. The molecule has 1 aromatic heterocycles. The number of hydrogen-bond acceptors (Lipinski definition) is 4. The van der Waals surface area contributed by atoms with Crippen molar-refractivity contribution in [3.05, 3.63) is 80.5 Å². The van der Waals surface area contributed by atoms with Crippen molar-refractivity contribution < 1.29 is 23.2 Å². The summed E-state index contributed by atoms with van der Waals surface area (Å²) >= 11 is 0. The van der Waals surface area contributed by atoms with Gasteiger partial charge in [0, 0.05) is 13.0 Å². The molecule has 33 heavy (non-hydrogen) atoms. The second-order valence-corrected chi connectivity index (χ2v) is 9.03. The van der Waals surface area contributed by atoms with E-state index < -0.39 is 6.04 Å². The lowest BCUT2D eigenvalue weighted by Crippen LogP contribution is -3.14. The summed E-state index contributed by atoms with van der Waals surface area (Å²) in [6.45, 7) is 8.73. The molecule has 6 nitrogen and oxygen atoms in total. The van der Waals surface area contributed by atoms with E-state index in [2.05, 4.69) is 0 Å². The van der Waals surface area contributed by atoms with Gasteiger partial charge in [0.2, 0.25) is 5.76 Å². The molecule has 3 aromatic rings. The van der Waals surface area contributed by atoms with Crippen LogP contribution in [0, 0.1) is 19.7 Å². The van der Waals surface area contributed by atoms with Crippen LogP contribution in [-0.4, -0.2) is 50.2 Å². The number of halogens is 1. The quantitative estimate of drug-likeness (QED) is 0.647. The van der Waals surface area contributed by atoms with Gasteiger partial charge in [0.25, 0.3) is 5.91 Å². The highest BCUT2D eigenvalue weighted by molar-refractivity contribution is 5.99. The van der Waals surface area contributed by atoms with Gasteiger partial charge in [-0.3, -0.25) is 9.59 Å². The number of rotatable bonds is 5. The Bertz CT molecular complexity index is 1260. The number of benzene rings is 2. The monoisotopic (exact) mass is 451 g/mol. The van der Waals surface area contributed by atoms with Crippen LogP contribution in [0.5, 0.6) is 0 Å². The van der Waals surface area contributed by atoms with E-state index >= 15 is 0 Å². The summed E-state index contributed by atoms with van der Waals surface area (Å²) in [5, 5.41) is 0.469. The largest absolute Gasteiger partial charge is 0.450 e. The van der Waals surface area contributed by atoms with Gasteiger partial charge in [-0.2, -0.15) is 0 Å². The van der Waals surface area contributed by atoms with E-state index in [-0.39, 0.29) is 22.9 Å². The molecule has 0 bridgehead atoms. The van der Waals surface area contributed by atoms with Crippen molar-refractivity contribution in [2.45, 2.75) is 26.3 Å². The molecule has 0 aliphatic carbocycles. The summed E-state index contributed by atoms with van der Waals surface area (Å²) in [5.74, 6) is -0.542. The number of nitrogens with zero attached hydrogens (tertiary/aromatic N) is 1. The number of carbonyl (C=O) groups is 1. The minimum Gasteiger partial charge on any atom is -0.450 e. The van der Waals surface area contributed by atoms with Gasteiger partial charge in [-0.25, -0.2) is 4.39 Å². The van der Waals surface area contributed by atoms with Gasteiger partial charge in [-0.05, 0) is 54.8 Å². The Hall–Kier alpha value is -3.03. The summed E-state index contributed by atoms with van der Waals surface area (Å²) in [7, 11) is 0. The Morgan fingerprint density at radius 3 is 2.48 bits per heavy atom. The standard InChI is InChI=1S/C26H27FN2O4/c1-16-14-20-21(15-17(16)2)33-25-22(24(20)30)23(18-4-6-19(27)7-5-18)29(26(25)31)9-3-8-28-10-12-32-13-11-28/h4-7,14-15,23H,3,8-13H2,1-2H3/p+1/t23-/m1/s1. The van der Waals surface area contributed by atoms with Crippen LogP contribution < -0.4 is 10.3 Å². The minimum atomic E-state index is -0.588. The molecule has 0 radical (unpaired) electrons. The molecule has 1 atom stereocenters. The first-order chi connectivity index (χ1) is 15.9. The van der Waals surface area contributed by atoms with Crippen molar-refractivity contribution in [3.63, 3.8) is 0 Å². The Balaban J connectivity index is 1.55. The number of quaternary nitrogens is 1. The molecule has 2 aliphatic rings. The molecule has 1 fully saturated rings. The first kappa shape index (κ1) is 21.8. The van der Waals surface area contributed by atoms with E-state index in [1.165, 1.54) is 17.0 Å². The average molecular weight is 452 g/mol. The topological polar surface area (TPSA) is 64.2 Å². The molecule has 1 N–H and O–H groups in total. The van der Waals surface area contributed by atoms with Crippen LogP contribution in [0.2, 0.25) is 0 Å². The van der Waals surface area contributed by atoms with Gasteiger partial charge < -0.3 is 19.0 Å². The van der Waals surface area contributed by atoms with Crippen LogP contribution in [0.4, 0.5) is 4.39 Å². The van der Waals surface area contributed by atoms with Gasteiger partial charge in [-0.15, -0.1) is 0 Å². The number of fused-ring (bicyclic) bond motifs is 2. The van der Waals surface area contributed by atoms with Crippen molar-refractivity contribution in [1.29, 1.82) is 0 Å². The second kappa shape index (κ2) is 8.72. The van der Waals surface area contributed by atoms with Crippen molar-refractivity contribution in [3.8, 4) is 0 Å². The Kier molecular flexibility index (Phi) is 5.76. The third kappa shape index (κ3) is 3.96. The number of nitrogens with one attached hydrogen (secondary N) is 1. The number of aryl methyl sites for hydroxylation is 2. The third-order valence-corrected chi connectivity index (χ3v) is 6.90. The zero-order valence-electron chi connectivity index (χ0n) is 18.9. The van der Waals surface area contributed by atoms with Gasteiger partial charge in [-0.1, -0.05) is 12.1 Å². The molecule has 0 unspecified atom stereocenters. The number of amides is 1. The SMILES string of the molecule is Cc1cc2oc3c(c(=O)c2cc1C)[C@@H](c1ccc(F)cc1)N(CCC[NH+]1CCOCC1)C3=O. The fourth-order valence-electron chi connectivity index (χ4n) is 4.91. The third-order valence-electron chi connectivity index (χ3n) is 6.90. The van der Waals surface area contributed by atoms with Gasteiger partial charge in [0.15, 0.2) is 5.43 Å². The summed E-state index contributed by atoms with van der Waals surface area (Å²) in [6, 6.07) is 9.08. The molecule has 2 aliphatic heterocycles. The number of morpholine rings is 1. The first-order valence-electron chi connectivity index (χ1n) is 11.5. The van der Waals surface area contributed by atoms with E-state index in [4.69, 9.17) is 9.15 Å². The fourth-order valence-corrected chi connectivity index (χ4v) is 4.91. The zero-order valence-corrected chi connectivity index (χ0v) is 18.9. The molecule has 2 aromatic carbocycles. The number of hydrogen-bond donors (Lipinski definition) is 1. The summed E-state index contributed by atoms with van der Waals surface area (Å²) in [4.78, 5) is 30.2. The lowest BCUT2D eigenvalue weighted by Gasteiger charge is -2.27. The van der Waals surface area contributed by atoms with Gasteiger partial charge in [0.05, 0.1) is 36.8 Å². The fraction of sp³-hybridized carbons (Fsp3) is 0.385. The summed E-state index contributed by atoms with van der Waals surface area (Å²) in [5.41, 5.74) is 3.27. The molecule has 0 saturated carbocycles. The van der Waals surface area contributed by atoms with Crippen molar-refractivity contribution in [2.75, 3.05) is 39.4 Å². The van der Waals surface area contributed by atoms with Crippen LogP contribution in [0.15, 0.2) is 45.6 Å². The van der Waals surface area contributed by atoms with Crippen LogP contribution >= 0.6 is 0 Å². The van der Waals surface area contributed by atoms with E-state index in [9.17, 15) is 14.0 Å². The maximum atomic E-state index is 13.6. The average Bonchev–Trinajstić information content (AvgIpc) is 3.09. The molecule has 5 rings (SSSR count). The Morgan fingerprint density at radius 1 is 1.06 bits per heavy atom.